The van der Waals surface area contributed by atoms with Crippen molar-refractivity contribution < 1.29 is 19.0 Å². The van der Waals surface area contributed by atoms with E-state index >= 15 is 0 Å². The second kappa shape index (κ2) is 9.30. The summed E-state index contributed by atoms with van der Waals surface area (Å²) in [5.74, 6) is -0.360. The molecule has 0 radical (unpaired) electrons. The topological polar surface area (TPSA) is 48.0 Å². The summed E-state index contributed by atoms with van der Waals surface area (Å²) in [6, 6.07) is 0.310. The van der Waals surface area contributed by atoms with Gasteiger partial charge in [0, 0.05) is 32.8 Å². The fourth-order valence-electron chi connectivity index (χ4n) is 2.03. The van der Waals surface area contributed by atoms with E-state index in [4.69, 9.17) is 14.2 Å². The number of hydrogen-bond donors (Lipinski definition) is 0. The van der Waals surface area contributed by atoms with E-state index < -0.39 is 0 Å². The summed E-state index contributed by atoms with van der Waals surface area (Å²) in [6.45, 7) is 8.02. The quantitative estimate of drug-likeness (QED) is 0.583. The Kier molecular flexibility index (Phi) is 8.97. The van der Waals surface area contributed by atoms with E-state index in [9.17, 15) is 4.79 Å². The van der Waals surface area contributed by atoms with Crippen LogP contribution in [0.1, 0.15) is 20.8 Å². The van der Waals surface area contributed by atoms with Crippen LogP contribution in [0.2, 0.25) is 0 Å². The lowest BCUT2D eigenvalue weighted by Crippen LogP contribution is -2.48. The first-order valence-electron chi connectivity index (χ1n) is 6.31. The molecule has 3 unspecified atom stereocenters. The van der Waals surface area contributed by atoms with Crippen LogP contribution >= 0.6 is 0 Å². The van der Waals surface area contributed by atoms with Gasteiger partial charge in [0.1, 0.15) is 0 Å². The highest BCUT2D eigenvalue weighted by Crippen LogP contribution is 2.15. The fourth-order valence-corrected chi connectivity index (χ4v) is 2.03. The van der Waals surface area contributed by atoms with Crippen LogP contribution in [-0.4, -0.2) is 64.0 Å². The number of hydrogen-bond acceptors (Lipinski definition) is 5. The molecule has 0 rings (SSSR count). The zero-order chi connectivity index (χ0) is 14.1. The maximum absolute atomic E-state index is 11.6. The third-order valence-electron chi connectivity index (χ3n) is 3.35. The maximum atomic E-state index is 11.6. The summed E-state index contributed by atoms with van der Waals surface area (Å²) in [5.41, 5.74) is 0. The molecule has 5 heteroatoms. The van der Waals surface area contributed by atoms with Crippen LogP contribution in [0.4, 0.5) is 0 Å². The Hall–Kier alpha value is -0.650. The minimum Gasteiger partial charge on any atom is -0.469 e. The highest BCUT2D eigenvalue weighted by atomic mass is 16.5. The van der Waals surface area contributed by atoms with E-state index in [1.54, 1.807) is 14.2 Å². The van der Waals surface area contributed by atoms with Crippen LogP contribution in [0.5, 0.6) is 0 Å². The van der Waals surface area contributed by atoms with Crippen LogP contribution in [0.15, 0.2) is 0 Å². The van der Waals surface area contributed by atoms with E-state index in [0.29, 0.717) is 13.2 Å². The molecule has 0 spiro atoms. The van der Waals surface area contributed by atoms with Gasteiger partial charge < -0.3 is 14.2 Å². The van der Waals surface area contributed by atoms with Crippen molar-refractivity contribution in [3.05, 3.63) is 0 Å². The number of esters is 1. The van der Waals surface area contributed by atoms with Crippen molar-refractivity contribution in [1.29, 1.82) is 0 Å². The lowest BCUT2D eigenvalue weighted by atomic mass is 10.0. The second-order valence-electron chi connectivity index (χ2n) is 4.59. The van der Waals surface area contributed by atoms with Crippen LogP contribution in [0.25, 0.3) is 0 Å². The molecule has 0 aromatic heterocycles. The highest BCUT2D eigenvalue weighted by Gasteiger charge is 2.29. The summed E-state index contributed by atoms with van der Waals surface area (Å²) in [7, 11) is 4.77. The normalized spacial score (nSPS) is 16.4. The van der Waals surface area contributed by atoms with Gasteiger partial charge in [0.2, 0.25) is 0 Å². The number of carbonyl (C=O) groups excluding carboxylic acids is 1. The summed E-state index contributed by atoms with van der Waals surface area (Å²) in [6.07, 6.45) is 0. The molecule has 0 saturated heterocycles. The molecule has 0 bridgehead atoms. The Morgan fingerprint density at radius 1 is 1.11 bits per heavy atom. The van der Waals surface area contributed by atoms with Gasteiger partial charge in [-0.3, -0.25) is 9.69 Å². The molecule has 0 N–H and O–H groups in total. The number of carbonyl (C=O) groups is 1. The Balaban J connectivity index is 4.65. The zero-order valence-electron chi connectivity index (χ0n) is 12.4. The van der Waals surface area contributed by atoms with Crippen molar-refractivity contribution in [3.8, 4) is 0 Å². The zero-order valence-corrected chi connectivity index (χ0v) is 12.4. The number of methoxy groups -OCH3 is 3. The predicted octanol–water partition coefficient (Wildman–Crippen LogP) is 1.17. The van der Waals surface area contributed by atoms with Gasteiger partial charge >= 0.3 is 5.97 Å². The van der Waals surface area contributed by atoms with Crippen molar-refractivity contribution in [2.24, 2.45) is 5.92 Å². The highest BCUT2D eigenvalue weighted by molar-refractivity contribution is 5.72. The molecule has 0 aromatic rings. The lowest BCUT2D eigenvalue weighted by Gasteiger charge is -2.36. The van der Waals surface area contributed by atoms with Crippen molar-refractivity contribution in [1.82, 2.24) is 4.90 Å². The first-order valence-corrected chi connectivity index (χ1v) is 6.31. The molecular weight excluding hydrogens is 234 g/mol. The summed E-state index contributed by atoms with van der Waals surface area (Å²) >= 11 is 0. The standard InChI is InChI=1S/C13H27NO4/c1-10(9-17-5)14(7-8-16-4)12(3)11(2)13(15)18-6/h10-12H,7-9H2,1-6H3. The molecule has 5 nitrogen and oxygen atoms in total. The van der Waals surface area contributed by atoms with Crippen molar-refractivity contribution >= 4 is 5.97 Å². The molecular formula is C13H27NO4. The fraction of sp³-hybridized carbons (Fsp3) is 0.923. The Morgan fingerprint density at radius 2 is 1.72 bits per heavy atom. The third-order valence-corrected chi connectivity index (χ3v) is 3.35. The SMILES string of the molecule is COCCN(C(C)COC)C(C)C(C)C(=O)OC. The smallest absolute Gasteiger partial charge is 0.309 e. The van der Waals surface area contributed by atoms with E-state index in [2.05, 4.69) is 11.8 Å². The minimum atomic E-state index is -0.186. The van der Waals surface area contributed by atoms with Gasteiger partial charge in [0.05, 0.1) is 26.2 Å². The average molecular weight is 261 g/mol. The molecule has 3 atom stereocenters. The molecule has 0 heterocycles. The molecule has 0 aliphatic rings. The van der Waals surface area contributed by atoms with Crippen molar-refractivity contribution in [3.63, 3.8) is 0 Å². The number of ether oxygens (including phenoxy) is 3. The van der Waals surface area contributed by atoms with E-state index in [1.165, 1.54) is 7.11 Å². The molecule has 0 saturated carbocycles. The average Bonchev–Trinajstić information content (AvgIpc) is 2.37. The molecule has 0 amide bonds. The largest absolute Gasteiger partial charge is 0.469 e. The molecule has 108 valence electrons. The number of nitrogens with zero attached hydrogens (tertiary/aromatic N) is 1. The Bertz CT molecular complexity index is 235. The first-order chi connectivity index (χ1) is 8.49. The van der Waals surface area contributed by atoms with Gasteiger partial charge in [-0.15, -0.1) is 0 Å². The Morgan fingerprint density at radius 3 is 2.17 bits per heavy atom. The van der Waals surface area contributed by atoms with Crippen molar-refractivity contribution in [2.75, 3.05) is 41.1 Å². The molecule has 0 fully saturated rings. The van der Waals surface area contributed by atoms with Gasteiger partial charge in [-0.05, 0) is 13.8 Å². The van der Waals surface area contributed by atoms with E-state index in [-0.39, 0.29) is 24.0 Å². The van der Waals surface area contributed by atoms with Crippen LogP contribution in [0.3, 0.4) is 0 Å². The summed E-state index contributed by atoms with van der Waals surface area (Å²) in [5, 5.41) is 0. The van der Waals surface area contributed by atoms with Gasteiger partial charge in [0.25, 0.3) is 0 Å². The van der Waals surface area contributed by atoms with Gasteiger partial charge in [0.15, 0.2) is 0 Å². The Labute approximate surface area is 110 Å². The number of rotatable bonds is 9. The molecule has 0 aromatic carbocycles. The van der Waals surface area contributed by atoms with E-state index in [1.807, 2.05) is 13.8 Å². The van der Waals surface area contributed by atoms with Gasteiger partial charge in [-0.25, -0.2) is 0 Å². The summed E-state index contributed by atoms with van der Waals surface area (Å²) in [4.78, 5) is 13.8. The minimum absolute atomic E-state index is 0.0812. The van der Waals surface area contributed by atoms with Crippen LogP contribution in [0, 0.1) is 5.92 Å². The maximum Gasteiger partial charge on any atom is 0.309 e. The summed E-state index contributed by atoms with van der Waals surface area (Å²) < 4.78 is 15.1. The van der Waals surface area contributed by atoms with Crippen LogP contribution in [-0.2, 0) is 19.0 Å². The molecule has 18 heavy (non-hydrogen) atoms. The van der Waals surface area contributed by atoms with Gasteiger partial charge in [-0.1, -0.05) is 6.92 Å². The van der Waals surface area contributed by atoms with E-state index in [0.717, 1.165) is 6.54 Å². The predicted molar refractivity (Wildman–Crippen MR) is 70.6 cm³/mol. The van der Waals surface area contributed by atoms with Gasteiger partial charge in [-0.2, -0.15) is 0 Å². The second-order valence-corrected chi connectivity index (χ2v) is 4.59. The van der Waals surface area contributed by atoms with Crippen LogP contribution < -0.4 is 0 Å². The van der Waals surface area contributed by atoms with Crippen molar-refractivity contribution in [2.45, 2.75) is 32.9 Å². The lowest BCUT2D eigenvalue weighted by molar-refractivity contribution is -0.147. The molecule has 0 aliphatic heterocycles. The third kappa shape index (κ3) is 5.33. The monoisotopic (exact) mass is 261 g/mol. The molecule has 0 aliphatic carbocycles. The first kappa shape index (κ1) is 17.4.